The van der Waals surface area contributed by atoms with E-state index in [1.807, 2.05) is 26.0 Å². The van der Waals surface area contributed by atoms with E-state index in [1.165, 1.54) is 0 Å². The Morgan fingerprint density at radius 3 is 2.26 bits per heavy atom. The second-order valence-electron chi connectivity index (χ2n) is 16.0. The third kappa shape index (κ3) is 2.71. The van der Waals surface area contributed by atoms with E-state index in [0.29, 0.717) is 6.54 Å². The minimum atomic E-state index is -0.834. The lowest BCUT2D eigenvalue weighted by atomic mass is 9.33. The average Bonchev–Trinajstić information content (AvgIpc) is 3.01. The van der Waals surface area contributed by atoms with Crippen LogP contribution in [0.4, 0.5) is 0 Å². The summed E-state index contributed by atoms with van der Waals surface area (Å²) in [5.74, 6) is 0.302. The fourth-order valence-corrected chi connectivity index (χ4v) is 11.6. The molecule has 210 valence electrons. The van der Waals surface area contributed by atoms with Gasteiger partial charge >= 0.3 is 0 Å². The molecule has 0 radical (unpaired) electrons. The number of allylic oxidation sites excluding steroid dienone is 3. The molecule has 0 aromatic carbocycles. The Morgan fingerprint density at radius 2 is 1.62 bits per heavy atom. The van der Waals surface area contributed by atoms with Gasteiger partial charge in [0.2, 0.25) is 5.91 Å². The van der Waals surface area contributed by atoms with E-state index < -0.39 is 27.2 Å². The first-order valence-corrected chi connectivity index (χ1v) is 15.3. The number of nitrogens with zero attached hydrogens (tertiary/aromatic N) is 2. The summed E-state index contributed by atoms with van der Waals surface area (Å²) in [4.78, 5) is 45.0. The summed E-state index contributed by atoms with van der Waals surface area (Å²) in [6.45, 7) is 18.2. The molecule has 5 aliphatic carbocycles. The Balaban J connectivity index is 1.64. The molecule has 1 saturated heterocycles. The maximum absolute atomic E-state index is 15.1. The predicted octanol–water partition coefficient (Wildman–Crippen LogP) is 6.58. The number of hydrogen-bond donors (Lipinski definition) is 0. The van der Waals surface area contributed by atoms with Crippen molar-refractivity contribution >= 4 is 17.5 Å². The average molecular weight is 531 g/mol. The topological polar surface area (TPSA) is 78.2 Å². The van der Waals surface area contributed by atoms with E-state index in [2.05, 4.69) is 52.5 Å². The fourth-order valence-electron chi connectivity index (χ4n) is 11.6. The largest absolute Gasteiger partial charge is 0.328 e. The minimum Gasteiger partial charge on any atom is -0.328 e. The first kappa shape index (κ1) is 27.0. The Labute approximate surface area is 234 Å². The standard InChI is InChI=1S/C34H46N2O3/c1-9-16-36-27(39)33-14-12-28(2,3)19-24(33)34(36)25(37)17-23-30(6)18-21(20-35)26(38)29(4,5)22(30)10-11-31(23,7)32(34,8)13-15-33/h17-18,22,24H,9-16,19H2,1-8H3/t22-,24+,30-,31+,32-,33-,34+/m0/s1. The Bertz CT molecular complexity index is 1310. The molecule has 1 heterocycles. The third-order valence-corrected chi connectivity index (χ3v) is 13.6. The van der Waals surface area contributed by atoms with Crippen molar-refractivity contribution in [2.75, 3.05) is 6.54 Å². The van der Waals surface area contributed by atoms with E-state index in [-0.39, 0.29) is 45.7 Å². The van der Waals surface area contributed by atoms with Crippen LogP contribution in [0.3, 0.4) is 0 Å². The van der Waals surface area contributed by atoms with E-state index in [0.717, 1.165) is 56.9 Å². The van der Waals surface area contributed by atoms with Gasteiger partial charge in [-0.2, -0.15) is 5.26 Å². The highest BCUT2D eigenvalue weighted by molar-refractivity contribution is 6.08. The lowest BCUT2D eigenvalue weighted by Gasteiger charge is -2.71. The van der Waals surface area contributed by atoms with Gasteiger partial charge in [-0.05, 0) is 79.8 Å². The van der Waals surface area contributed by atoms with Crippen LogP contribution in [0.2, 0.25) is 0 Å². The normalized spacial score (nSPS) is 47.3. The summed E-state index contributed by atoms with van der Waals surface area (Å²) in [6.07, 6.45) is 10.9. The molecule has 0 aromatic rings. The van der Waals surface area contributed by atoms with Crippen molar-refractivity contribution in [2.45, 2.75) is 112 Å². The van der Waals surface area contributed by atoms with Crippen LogP contribution in [0.25, 0.3) is 0 Å². The molecule has 3 saturated carbocycles. The molecule has 0 aromatic heterocycles. The number of likely N-dealkylation sites (tertiary alicyclic amines) is 1. The van der Waals surface area contributed by atoms with Crippen LogP contribution >= 0.6 is 0 Å². The molecule has 6 aliphatic rings. The van der Waals surface area contributed by atoms with Gasteiger partial charge in [0, 0.05) is 28.7 Å². The van der Waals surface area contributed by atoms with Crippen LogP contribution in [0.5, 0.6) is 0 Å². The Kier molecular flexibility index (Phi) is 5.21. The van der Waals surface area contributed by atoms with Crippen molar-refractivity contribution in [3.8, 4) is 6.07 Å². The highest BCUT2D eigenvalue weighted by Gasteiger charge is 2.82. The minimum absolute atomic E-state index is 0.0209. The monoisotopic (exact) mass is 530 g/mol. The number of carbonyl (C=O) groups excluding carboxylic acids is 3. The molecule has 1 aliphatic heterocycles. The van der Waals surface area contributed by atoms with Crippen molar-refractivity contribution in [3.63, 3.8) is 0 Å². The van der Waals surface area contributed by atoms with Crippen molar-refractivity contribution in [1.82, 2.24) is 4.90 Å². The molecule has 4 fully saturated rings. The molecule has 5 nitrogen and oxygen atoms in total. The Morgan fingerprint density at radius 1 is 0.949 bits per heavy atom. The molecule has 2 bridgehead atoms. The number of ketones is 2. The van der Waals surface area contributed by atoms with Crippen LogP contribution in [-0.4, -0.2) is 34.5 Å². The Hall–Kier alpha value is -2.22. The summed E-state index contributed by atoms with van der Waals surface area (Å²) in [5, 5.41) is 9.96. The van der Waals surface area contributed by atoms with Crippen LogP contribution in [-0.2, 0) is 14.4 Å². The van der Waals surface area contributed by atoms with Crippen molar-refractivity contribution in [1.29, 1.82) is 5.26 Å². The van der Waals surface area contributed by atoms with Crippen LogP contribution in [0, 0.1) is 55.7 Å². The maximum atomic E-state index is 15.1. The number of fused-ring (bicyclic) bond motifs is 4. The van der Waals surface area contributed by atoms with Gasteiger partial charge < -0.3 is 4.90 Å². The first-order valence-electron chi connectivity index (χ1n) is 15.3. The van der Waals surface area contributed by atoms with Gasteiger partial charge in [-0.1, -0.05) is 61.5 Å². The van der Waals surface area contributed by atoms with Gasteiger partial charge in [-0.15, -0.1) is 0 Å². The van der Waals surface area contributed by atoms with Gasteiger partial charge in [0.1, 0.15) is 11.6 Å². The number of amides is 1. The predicted molar refractivity (Wildman–Crippen MR) is 150 cm³/mol. The molecule has 7 atom stereocenters. The van der Waals surface area contributed by atoms with Gasteiger partial charge in [-0.3, -0.25) is 14.4 Å². The fraction of sp³-hybridized carbons (Fsp3) is 0.765. The zero-order valence-corrected chi connectivity index (χ0v) is 25.3. The summed E-state index contributed by atoms with van der Waals surface area (Å²) in [5.41, 5.74) is -1.84. The van der Waals surface area contributed by atoms with Gasteiger partial charge in [-0.25, -0.2) is 0 Å². The molecule has 5 heteroatoms. The number of carbonyl (C=O) groups is 3. The lowest BCUT2D eigenvalue weighted by Crippen LogP contribution is -2.74. The van der Waals surface area contributed by atoms with E-state index in [4.69, 9.17) is 0 Å². The summed E-state index contributed by atoms with van der Waals surface area (Å²) in [6, 6.07) is 2.20. The van der Waals surface area contributed by atoms with Crippen molar-refractivity contribution in [3.05, 3.63) is 23.3 Å². The molecular formula is C34H46N2O3. The second-order valence-corrected chi connectivity index (χ2v) is 16.0. The number of nitriles is 1. The third-order valence-electron chi connectivity index (χ3n) is 13.6. The molecule has 1 spiro atoms. The van der Waals surface area contributed by atoms with E-state index in [9.17, 15) is 14.9 Å². The van der Waals surface area contributed by atoms with Crippen LogP contribution in [0.1, 0.15) is 107 Å². The summed E-state index contributed by atoms with van der Waals surface area (Å²) >= 11 is 0. The molecular weight excluding hydrogens is 484 g/mol. The second kappa shape index (κ2) is 7.54. The van der Waals surface area contributed by atoms with Crippen LogP contribution in [0.15, 0.2) is 23.3 Å². The molecule has 0 unspecified atom stereocenters. The molecule has 39 heavy (non-hydrogen) atoms. The molecule has 1 amide bonds. The summed E-state index contributed by atoms with van der Waals surface area (Å²) in [7, 11) is 0. The first-order chi connectivity index (χ1) is 18.0. The number of rotatable bonds is 2. The lowest BCUT2D eigenvalue weighted by molar-refractivity contribution is -0.180. The highest BCUT2D eigenvalue weighted by atomic mass is 16.2. The van der Waals surface area contributed by atoms with E-state index >= 15 is 4.79 Å². The SMILES string of the molecule is CCCN1C(=O)[C@]23CCC(C)(C)C[C@H]2[C@]12C(=O)C=C1[C@@]4(C)C=C(C#N)C(=O)C(C)(C)[C@@H]4CC[C@@]1(C)[C@]2(C)CC3. The van der Waals surface area contributed by atoms with Gasteiger partial charge in [0.15, 0.2) is 11.6 Å². The zero-order chi connectivity index (χ0) is 28.6. The number of hydrogen-bond acceptors (Lipinski definition) is 4. The smallest absolute Gasteiger partial charge is 0.230 e. The van der Waals surface area contributed by atoms with Crippen molar-refractivity contribution in [2.24, 2.45) is 44.3 Å². The van der Waals surface area contributed by atoms with Crippen molar-refractivity contribution < 1.29 is 14.4 Å². The van der Waals surface area contributed by atoms with Gasteiger partial charge in [0.05, 0.1) is 11.0 Å². The molecule has 6 rings (SSSR count). The number of Topliss-reactive ketones (excluding diaryl/α,β-unsaturated/α-hetero) is 1. The highest BCUT2D eigenvalue weighted by Crippen LogP contribution is 2.79. The maximum Gasteiger partial charge on any atom is 0.230 e. The summed E-state index contributed by atoms with van der Waals surface area (Å²) < 4.78 is 0. The van der Waals surface area contributed by atoms with Gasteiger partial charge in [0.25, 0.3) is 0 Å². The molecule has 0 N–H and O–H groups in total. The van der Waals surface area contributed by atoms with Crippen LogP contribution < -0.4 is 0 Å². The quantitative estimate of drug-likeness (QED) is 0.404. The zero-order valence-electron chi connectivity index (χ0n) is 25.3. The van der Waals surface area contributed by atoms with E-state index in [1.54, 1.807) is 0 Å².